The highest BCUT2D eigenvalue weighted by Gasteiger charge is 2.54. The number of aromatic nitrogens is 4. The topological polar surface area (TPSA) is 117 Å². The molecule has 6 heterocycles. The van der Waals surface area contributed by atoms with E-state index in [0.717, 1.165) is 29.2 Å². The van der Waals surface area contributed by atoms with E-state index in [1.807, 2.05) is 50.8 Å². The lowest BCUT2D eigenvalue weighted by molar-refractivity contribution is 0.000949. The molecule has 2 saturated heterocycles. The van der Waals surface area contributed by atoms with Crippen molar-refractivity contribution < 1.29 is 23.2 Å². The van der Waals surface area contributed by atoms with Crippen molar-refractivity contribution in [1.82, 2.24) is 24.8 Å². The molecule has 0 N–H and O–H groups in total. The van der Waals surface area contributed by atoms with Crippen LogP contribution in [0.5, 0.6) is 5.88 Å². The van der Waals surface area contributed by atoms with Crippen molar-refractivity contribution in [2.75, 3.05) is 17.7 Å². The molecule has 13 heteroatoms. The molecule has 1 amide bonds. The first-order valence-electron chi connectivity index (χ1n) is 19.0. The molecule has 54 heavy (non-hydrogen) atoms. The van der Waals surface area contributed by atoms with E-state index < -0.39 is 36.8 Å². The molecule has 4 aromatic rings. The van der Waals surface area contributed by atoms with E-state index in [9.17, 15) is 9.35 Å². The lowest BCUT2D eigenvalue weighted by Gasteiger charge is -2.48. The second-order valence-corrected chi connectivity index (χ2v) is 23.8. The van der Waals surface area contributed by atoms with Gasteiger partial charge < -0.3 is 18.9 Å². The molecule has 0 saturated carbocycles. The molecule has 3 aliphatic rings. The molecule has 2 fully saturated rings. The van der Waals surface area contributed by atoms with Crippen LogP contribution in [0.15, 0.2) is 35.7 Å². The van der Waals surface area contributed by atoms with Crippen LogP contribution >= 0.6 is 0 Å². The predicted molar refractivity (Wildman–Crippen MR) is 214 cm³/mol. The van der Waals surface area contributed by atoms with Gasteiger partial charge in [-0.3, -0.25) is 9.88 Å². The van der Waals surface area contributed by atoms with Gasteiger partial charge in [0.25, 0.3) is 0 Å². The third kappa shape index (κ3) is 6.28. The van der Waals surface area contributed by atoms with Gasteiger partial charge in [0.1, 0.15) is 42.6 Å². The third-order valence-electron chi connectivity index (χ3n) is 11.7. The monoisotopic (exact) mass is 770 g/mol. The molecule has 1 unspecified atom stereocenters. The zero-order chi connectivity index (χ0) is 39.0. The fraction of sp³-hybridized carbons (Fsp3) is 0.537. The molecule has 5 atom stereocenters. The first-order valence-corrected chi connectivity index (χ1v) is 22.8. The number of hydrogen-bond donors (Lipinski definition) is 0. The molecule has 2 bridgehead atoms. The summed E-state index contributed by atoms with van der Waals surface area (Å²) in [5, 5.41) is 1.88. The summed E-state index contributed by atoms with van der Waals surface area (Å²) in [6.07, 6.45) is 5.52. The first kappa shape index (κ1) is 38.3. The van der Waals surface area contributed by atoms with Gasteiger partial charge in [-0.05, 0) is 63.2 Å². The number of anilines is 1. The number of rotatable bonds is 5. The van der Waals surface area contributed by atoms with Gasteiger partial charge in [-0.2, -0.15) is 9.97 Å². The number of nitrogens with zero attached hydrogens (tertiary/aromatic N) is 6. The van der Waals surface area contributed by atoms with Crippen LogP contribution in [0.1, 0.15) is 87.6 Å². The fourth-order valence-electron chi connectivity index (χ4n) is 9.45. The van der Waals surface area contributed by atoms with E-state index in [1.54, 1.807) is 12.4 Å². The summed E-state index contributed by atoms with van der Waals surface area (Å²) in [5.41, 5.74) is 5.74. The van der Waals surface area contributed by atoms with Crippen LogP contribution in [0.25, 0.3) is 32.9 Å². The van der Waals surface area contributed by atoms with Crippen molar-refractivity contribution in [3.8, 4) is 28.6 Å². The van der Waals surface area contributed by atoms with Gasteiger partial charge in [-0.25, -0.2) is 14.2 Å². The summed E-state index contributed by atoms with van der Waals surface area (Å²) >= 11 is -1.63. The molecule has 3 aliphatic heterocycles. The number of ether oxygens (including phenoxy) is 2. The SMILES string of the molecule is CC(C)[Si](C#Cc1cccc2cncc(-c3nc4c5c(nc([S+](C)[O-])nc5c3F)N3C[C@H]5CC[C@@H]([C@H]3[C@H](C)O4)N5C(=O)OC(C)(C)C)c12)(C(C)C)C(C)C. The van der Waals surface area contributed by atoms with Crippen molar-refractivity contribution in [2.45, 2.75) is 134 Å². The Balaban J connectivity index is 1.42. The quantitative estimate of drug-likeness (QED) is 0.0854. The molecule has 0 spiro atoms. The van der Waals surface area contributed by atoms with E-state index in [0.29, 0.717) is 39.9 Å². The van der Waals surface area contributed by atoms with E-state index in [-0.39, 0.29) is 46.5 Å². The summed E-state index contributed by atoms with van der Waals surface area (Å²) in [6.45, 7) is 21.6. The molecule has 3 aromatic heterocycles. The highest BCUT2D eigenvalue weighted by molar-refractivity contribution is 7.90. The zero-order valence-corrected chi connectivity index (χ0v) is 35.0. The minimum atomic E-state index is -2.10. The van der Waals surface area contributed by atoms with Gasteiger partial charge >= 0.3 is 11.2 Å². The van der Waals surface area contributed by atoms with Crippen LogP contribution < -0.4 is 9.64 Å². The number of piperazine rings is 1. The molecular formula is C41H51FN6O4SSi. The molecule has 286 valence electrons. The maximum atomic E-state index is 17.4. The van der Waals surface area contributed by atoms with Crippen molar-refractivity contribution in [3.05, 3.63) is 42.0 Å². The largest absolute Gasteiger partial charge is 0.609 e. The van der Waals surface area contributed by atoms with Crippen LogP contribution in [0.2, 0.25) is 16.6 Å². The van der Waals surface area contributed by atoms with Crippen LogP contribution in [-0.2, 0) is 15.9 Å². The second kappa shape index (κ2) is 13.9. The van der Waals surface area contributed by atoms with Crippen molar-refractivity contribution >= 4 is 52.8 Å². The van der Waals surface area contributed by atoms with Gasteiger partial charge in [-0.1, -0.05) is 59.6 Å². The van der Waals surface area contributed by atoms with Crippen molar-refractivity contribution in [2.24, 2.45) is 0 Å². The third-order valence-corrected chi connectivity index (χ3v) is 18.6. The molecule has 1 aromatic carbocycles. The number of amides is 1. The molecule has 10 nitrogen and oxygen atoms in total. The summed E-state index contributed by atoms with van der Waals surface area (Å²) in [6, 6.07) is 5.11. The average molecular weight is 771 g/mol. The minimum Gasteiger partial charge on any atom is -0.609 e. The summed E-state index contributed by atoms with van der Waals surface area (Å²) in [5.74, 6) is 3.50. The van der Waals surface area contributed by atoms with Crippen molar-refractivity contribution in [3.63, 3.8) is 0 Å². The second-order valence-electron chi connectivity index (χ2n) is 17.0. The fourth-order valence-corrected chi connectivity index (χ4v) is 15.1. The number of carbonyl (C=O) groups is 1. The van der Waals surface area contributed by atoms with Gasteiger partial charge in [0.2, 0.25) is 5.88 Å². The van der Waals surface area contributed by atoms with Crippen LogP contribution in [0.4, 0.5) is 15.0 Å². The van der Waals surface area contributed by atoms with E-state index >= 15 is 4.39 Å². The maximum absolute atomic E-state index is 17.4. The van der Waals surface area contributed by atoms with E-state index in [4.69, 9.17) is 19.4 Å². The lowest BCUT2D eigenvalue weighted by Crippen LogP contribution is -2.65. The lowest BCUT2D eigenvalue weighted by atomic mass is 9.98. The average Bonchev–Trinajstić information content (AvgIpc) is 3.34. The van der Waals surface area contributed by atoms with Gasteiger partial charge in [0, 0.05) is 52.0 Å². The Morgan fingerprint density at radius 3 is 2.41 bits per heavy atom. The standard InChI is InChI=1S/C41H51FN6O4SSi/c1-22(2)54(23(3)4,24(5)6)18-17-26-13-12-14-27-19-43-20-29(31(26)27)34-33(42)35-32-37(46-39(45-35)53(11)50)47-21-28-15-16-30(36(47)25(7)51-38(32)44-34)48(28)40(49)52-41(8,9)10/h12-14,19-20,22-25,28,30,36H,15-16,21H2,1-11H3/t25-,28+,30-,36+,53?/m0/s1. The maximum Gasteiger partial charge on any atom is 0.410 e. The number of carbonyl (C=O) groups excluding carboxylic acids is 1. The zero-order valence-electron chi connectivity index (χ0n) is 33.2. The smallest absolute Gasteiger partial charge is 0.410 e. The molecular weight excluding hydrogens is 720 g/mol. The summed E-state index contributed by atoms with van der Waals surface area (Å²) in [7, 11) is -2.10. The van der Waals surface area contributed by atoms with E-state index in [2.05, 4.69) is 67.9 Å². The van der Waals surface area contributed by atoms with Gasteiger partial charge in [0.05, 0.1) is 18.1 Å². The highest BCUT2D eigenvalue weighted by atomic mass is 32.2. The normalized spacial score (nSPS) is 21.6. The Hall–Kier alpha value is -3.99. The van der Waals surface area contributed by atoms with Crippen LogP contribution in [0.3, 0.4) is 0 Å². The van der Waals surface area contributed by atoms with E-state index in [1.165, 1.54) is 6.26 Å². The number of benzene rings is 1. The van der Waals surface area contributed by atoms with Crippen molar-refractivity contribution in [1.29, 1.82) is 0 Å². The Kier molecular flexibility index (Phi) is 9.89. The van der Waals surface area contributed by atoms with Crippen LogP contribution in [0, 0.1) is 17.3 Å². The Bertz CT molecular complexity index is 2170. The molecule has 7 rings (SSSR count). The summed E-state index contributed by atoms with van der Waals surface area (Å²) in [4.78, 5) is 36.3. The first-order chi connectivity index (χ1) is 25.4. The number of hydrogen-bond acceptors (Lipinski definition) is 9. The summed E-state index contributed by atoms with van der Waals surface area (Å²) < 4.78 is 43.0. The minimum absolute atomic E-state index is 0.00896. The predicted octanol–water partition coefficient (Wildman–Crippen LogP) is 8.42. The van der Waals surface area contributed by atoms with Crippen LogP contribution in [-0.4, -0.2) is 86.2 Å². The Labute approximate surface area is 321 Å². The highest BCUT2D eigenvalue weighted by Crippen LogP contribution is 2.47. The number of halogens is 1. The molecule has 0 radical (unpaired) electrons. The van der Waals surface area contributed by atoms with Gasteiger partial charge in [-0.15, -0.1) is 5.54 Å². The molecule has 0 aliphatic carbocycles. The Morgan fingerprint density at radius 1 is 1.06 bits per heavy atom. The Morgan fingerprint density at radius 2 is 1.76 bits per heavy atom. The number of pyridine rings is 2. The number of fused-ring (bicyclic) bond motifs is 6. The van der Waals surface area contributed by atoms with Gasteiger partial charge in [0.15, 0.2) is 11.6 Å².